The van der Waals surface area contributed by atoms with E-state index < -0.39 is 0 Å². The van der Waals surface area contributed by atoms with Gasteiger partial charge in [0.1, 0.15) is 0 Å². The molecule has 4 heteroatoms. The molecule has 1 atom stereocenters. The molecule has 1 rings (SSSR count). The molecule has 92 valence electrons. The van der Waals surface area contributed by atoms with Gasteiger partial charge in [-0.15, -0.1) is 0 Å². The lowest BCUT2D eigenvalue weighted by Gasteiger charge is -2.25. The Morgan fingerprint density at radius 3 is 2.65 bits per heavy atom. The van der Waals surface area contributed by atoms with Gasteiger partial charge < -0.3 is 4.90 Å². The van der Waals surface area contributed by atoms with E-state index in [9.17, 15) is 0 Å². The number of alkyl halides is 1. The average molecular weight is 360 g/mol. The number of rotatable bonds is 5. The number of hydrogen-bond donors (Lipinski definition) is 0. The van der Waals surface area contributed by atoms with Crippen LogP contribution in [0.2, 0.25) is 0 Å². The summed E-state index contributed by atoms with van der Waals surface area (Å²) in [4.78, 5) is 2.22. The molecule has 1 aromatic carbocycles. The molecule has 0 aliphatic rings. The molecule has 0 fully saturated rings. The minimum Gasteiger partial charge on any atom is -0.370 e. The summed E-state index contributed by atoms with van der Waals surface area (Å²) >= 11 is 7.04. The lowest BCUT2D eigenvalue weighted by Crippen LogP contribution is -2.28. The lowest BCUT2D eigenvalue weighted by atomic mass is 10.1. The van der Waals surface area contributed by atoms with Crippen LogP contribution in [0.25, 0.3) is 0 Å². The van der Waals surface area contributed by atoms with Crippen LogP contribution >= 0.6 is 31.9 Å². The van der Waals surface area contributed by atoms with Gasteiger partial charge in [0.2, 0.25) is 0 Å². The number of nitrogens with zero attached hydrogens (tertiary/aromatic N) is 2. The second-order valence-corrected chi connectivity index (χ2v) is 5.40. The van der Waals surface area contributed by atoms with Crippen LogP contribution in [-0.4, -0.2) is 13.1 Å². The molecule has 0 aliphatic heterocycles. The van der Waals surface area contributed by atoms with E-state index in [-0.39, 0.29) is 5.92 Å². The third kappa shape index (κ3) is 4.01. The Labute approximate surface area is 120 Å². The summed E-state index contributed by atoms with van der Waals surface area (Å²) < 4.78 is 1.08. The number of anilines is 1. The largest absolute Gasteiger partial charge is 0.370 e. The van der Waals surface area contributed by atoms with Crippen LogP contribution in [0, 0.1) is 17.2 Å². The summed E-state index contributed by atoms with van der Waals surface area (Å²) in [5.74, 6) is 0.0395. The Hall–Kier alpha value is -0.530. The summed E-state index contributed by atoms with van der Waals surface area (Å²) in [6.07, 6.45) is 0. The molecule has 0 saturated carbocycles. The summed E-state index contributed by atoms with van der Waals surface area (Å²) in [7, 11) is 0. The van der Waals surface area contributed by atoms with Gasteiger partial charge in [0.15, 0.2) is 0 Å². The topological polar surface area (TPSA) is 27.0 Å². The maximum absolute atomic E-state index is 8.88. The van der Waals surface area contributed by atoms with Gasteiger partial charge in [-0.1, -0.05) is 22.0 Å². The highest BCUT2D eigenvalue weighted by Crippen LogP contribution is 2.28. The first kappa shape index (κ1) is 14.5. The van der Waals surface area contributed by atoms with Gasteiger partial charge in [0, 0.05) is 22.9 Å². The van der Waals surface area contributed by atoms with E-state index in [1.54, 1.807) is 0 Å². The SMILES string of the molecule is CCN(CC(C)C#N)c1ccc(CBr)cc1Br. The van der Waals surface area contributed by atoms with E-state index in [0.29, 0.717) is 0 Å². The summed E-state index contributed by atoms with van der Waals surface area (Å²) in [6.45, 7) is 5.72. The van der Waals surface area contributed by atoms with E-state index in [1.807, 2.05) is 6.92 Å². The standard InChI is InChI=1S/C13H16Br2N2/c1-3-17(9-10(2)8-16)13-5-4-11(7-14)6-12(13)15/h4-6,10H,3,7,9H2,1-2H3. The molecule has 1 aromatic rings. The Balaban J connectivity index is 2.93. The average Bonchev–Trinajstić information content (AvgIpc) is 2.35. The van der Waals surface area contributed by atoms with Crippen LogP contribution in [-0.2, 0) is 5.33 Å². The molecule has 0 N–H and O–H groups in total. The van der Waals surface area contributed by atoms with Crippen molar-refractivity contribution in [3.05, 3.63) is 28.2 Å². The number of hydrogen-bond acceptors (Lipinski definition) is 2. The predicted octanol–water partition coefficient (Wildman–Crippen LogP) is 4.33. The third-order valence-electron chi connectivity index (χ3n) is 2.60. The van der Waals surface area contributed by atoms with Gasteiger partial charge in [-0.3, -0.25) is 0 Å². The first-order chi connectivity index (χ1) is 8.12. The van der Waals surface area contributed by atoms with E-state index in [1.165, 1.54) is 5.56 Å². The van der Waals surface area contributed by atoms with E-state index >= 15 is 0 Å². The minimum absolute atomic E-state index is 0.0395. The molecule has 0 aromatic heterocycles. The fourth-order valence-corrected chi connectivity index (χ4v) is 2.68. The van der Waals surface area contributed by atoms with Crippen LogP contribution < -0.4 is 4.90 Å². The molecule has 0 amide bonds. The monoisotopic (exact) mass is 358 g/mol. The van der Waals surface area contributed by atoms with Crippen LogP contribution in [0.3, 0.4) is 0 Å². The first-order valence-corrected chi connectivity index (χ1v) is 7.52. The summed E-state index contributed by atoms with van der Waals surface area (Å²) in [5, 5.41) is 9.74. The van der Waals surface area contributed by atoms with Crippen molar-refractivity contribution in [3.63, 3.8) is 0 Å². The van der Waals surface area contributed by atoms with Gasteiger partial charge in [0.25, 0.3) is 0 Å². The first-order valence-electron chi connectivity index (χ1n) is 5.61. The second-order valence-electron chi connectivity index (χ2n) is 3.99. The highest BCUT2D eigenvalue weighted by molar-refractivity contribution is 9.10. The summed E-state index contributed by atoms with van der Waals surface area (Å²) in [5.41, 5.74) is 2.39. The maximum Gasteiger partial charge on any atom is 0.0671 e. The highest BCUT2D eigenvalue weighted by Gasteiger charge is 2.12. The van der Waals surface area contributed by atoms with Gasteiger partial charge in [-0.2, -0.15) is 5.26 Å². The van der Waals surface area contributed by atoms with Crippen LogP contribution in [0.4, 0.5) is 5.69 Å². The maximum atomic E-state index is 8.88. The van der Waals surface area contributed by atoms with Crippen molar-refractivity contribution in [2.24, 2.45) is 5.92 Å². The zero-order chi connectivity index (χ0) is 12.8. The quantitative estimate of drug-likeness (QED) is 0.731. The van der Waals surface area contributed by atoms with Gasteiger partial charge in [-0.25, -0.2) is 0 Å². The lowest BCUT2D eigenvalue weighted by molar-refractivity contribution is 0.685. The van der Waals surface area contributed by atoms with Crippen LogP contribution in [0.1, 0.15) is 19.4 Å². The van der Waals surface area contributed by atoms with Crippen molar-refractivity contribution in [3.8, 4) is 6.07 Å². The van der Waals surface area contributed by atoms with Crippen molar-refractivity contribution in [2.75, 3.05) is 18.0 Å². The molecule has 0 aliphatic carbocycles. The molecule has 0 saturated heterocycles. The van der Waals surface area contributed by atoms with Crippen LogP contribution in [0.15, 0.2) is 22.7 Å². The van der Waals surface area contributed by atoms with Crippen molar-refractivity contribution in [2.45, 2.75) is 19.2 Å². The Morgan fingerprint density at radius 1 is 1.47 bits per heavy atom. The normalized spacial score (nSPS) is 11.9. The van der Waals surface area contributed by atoms with Gasteiger partial charge >= 0.3 is 0 Å². The fourth-order valence-electron chi connectivity index (χ4n) is 1.66. The molecule has 0 radical (unpaired) electrons. The molecular formula is C13H16Br2N2. The minimum atomic E-state index is 0.0395. The van der Waals surface area contributed by atoms with Crippen molar-refractivity contribution >= 4 is 37.5 Å². The fraction of sp³-hybridized carbons (Fsp3) is 0.462. The van der Waals surface area contributed by atoms with Crippen LogP contribution in [0.5, 0.6) is 0 Å². The molecule has 1 unspecified atom stereocenters. The molecular weight excluding hydrogens is 344 g/mol. The Morgan fingerprint density at radius 2 is 2.18 bits per heavy atom. The third-order valence-corrected chi connectivity index (χ3v) is 3.89. The van der Waals surface area contributed by atoms with Crippen molar-refractivity contribution in [1.82, 2.24) is 0 Å². The predicted molar refractivity (Wildman–Crippen MR) is 79.4 cm³/mol. The van der Waals surface area contributed by atoms with Crippen molar-refractivity contribution in [1.29, 1.82) is 5.26 Å². The Bertz CT molecular complexity index is 412. The second kappa shape index (κ2) is 7.03. The van der Waals surface area contributed by atoms with Crippen molar-refractivity contribution < 1.29 is 0 Å². The Kier molecular flexibility index (Phi) is 6.01. The summed E-state index contributed by atoms with van der Waals surface area (Å²) in [6, 6.07) is 8.60. The zero-order valence-electron chi connectivity index (χ0n) is 10.1. The smallest absolute Gasteiger partial charge is 0.0671 e. The zero-order valence-corrected chi connectivity index (χ0v) is 13.3. The number of nitriles is 1. The molecule has 0 bridgehead atoms. The number of halogens is 2. The highest BCUT2D eigenvalue weighted by atomic mass is 79.9. The van der Waals surface area contributed by atoms with E-state index in [4.69, 9.17) is 5.26 Å². The van der Waals surface area contributed by atoms with Gasteiger partial charge in [-0.05, 0) is 47.5 Å². The molecule has 0 spiro atoms. The van der Waals surface area contributed by atoms with Gasteiger partial charge in [0.05, 0.1) is 17.7 Å². The molecule has 17 heavy (non-hydrogen) atoms. The van der Waals surface area contributed by atoms with E-state index in [0.717, 1.165) is 28.6 Å². The molecule has 2 nitrogen and oxygen atoms in total. The van der Waals surface area contributed by atoms with E-state index in [2.05, 4.69) is 68.0 Å². The molecule has 0 heterocycles. The number of benzene rings is 1.